The Morgan fingerprint density at radius 2 is 1.62 bits per heavy atom. The molecule has 48 heavy (non-hydrogen) atoms. The third-order valence-corrected chi connectivity index (χ3v) is 11.7. The number of amides is 3. The predicted molar refractivity (Wildman–Crippen MR) is 189 cm³/mol. The van der Waals surface area contributed by atoms with Crippen molar-refractivity contribution in [1.29, 1.82) is 0 Å². The normalized spacial score (nSPS) is 23.2. The summed E-state index contributed by atoms with van der Waals surface area (Å²) in [6, 6.07) is 6.63. The van der Waals surface area contributed by atoms with Gasteiger partial charge in [0.15, 0.2) is 0 Å². The second-order valence-electron chi connectivity index (χ2n) is 14.9. The van der Waals surface area contributed by atoms with E-state index in [1.807, 2.05) is 18.0 Å². The molecule has 1 aromatic rings. The topological polar surface area (TPSA) is 105 Å². The summed E-state index contributed by atoms with van der Waals surface area (Å²) in [5.41, 5.74) is 2.88. The van der Waals surface area contributed by atoms with Gasteiger partial charge in [0.25, 0.3) is 0 Å². The second-order valence-corrected chi connectivity index (χ2v) is 14.9. The molecule has 0 radical (unpaired) electrons. The van der Waals surface area contributed by atoms with Gasteiger partial charge in [0.05, 0.1) is 6.04 Å². The van der Waals surface area contributed by atoms with Crippen LogP contribution in [-0.2, 0) is 20.9 Å². The SMILES string of the molecule is CN(Cc1cc(C2CCN(CCCC(CCNC=O)CCN3CCC(N4CCCCC4)CC3)CC2)ccc1C=O)C1CCC(=O)NC1=O. The molecular formula is C38H60N6O4. The number of carbonyl (C=O) groups excluding carboxylic acids is 4. The highest BCUT2D eigenvalue weighted by Crippen LogP contribution is 2.31. The number of likely N-dealkylation sites (tertiary alicyclic amines) is 3. The molecule has 0 aliphatic carbocycles. The van der Waals surface area contributed by atoms with E-state index in [2.05, 4.69) is 37.5 Å². The number of rotatable bonds is 17. The molecule has 4 heterocycles. The fourth-order valence-electron chi connectivity index (χ4n) is 8.64. The van der Waals surface area contributed by atoms with E-state index in [1.165, 1.54) is 89.7 Å². The van der Waals surface area contributed by atoms with Gasteiger partial charge in [-0.15, -0.1) is 0 Å². The summed E-state index contributed by atoms with van der Waals surface area (Å²) in [6.07, 6.45) is 16.2. The van der Waals surface area contributed by atoms with Crippen LogP contribution in [0.4, 0.5) is 0 Å². The number of imide groups is 1. The fourth-order valence-corrected chi connectivity index (χ4v) is 8.64. The van der Waals surface area contributed by atoms with Crippen LogP contribution in [0.3, 0.4) is 0 Å². The van der Waals surface area contributed by atoms with E-state index in [4.69, 9.17) is 0 Å². The van der Waals surface area contributed by atoms with Crippen molar-refractivity contribution in [1.82, 2.24) is 30.2 Å². The summed E-state index contributed by atoms with van der Waals surface area (Å²) in [7, 11) is 1.89. The number of nitrogens with one attached hydrogen (secondary N) is 2. The molecule has 2 atom stereocenters. The van der Waals surface area contributed by atoms with Gasteiger partial charge in [-0.1, -0.05) is 24.6 Å². The molecule has 4 saturated heterocycles. The van der Waals surface area contributed by atoms with E-state index >= 15 is 0 Å². The van der Waals surface area contributed by atoms with E-state index in [9.17, 15) is 19.2 Å². The Labute approximate surface area is 288 Å². The highest BCUT2D eigenvalue weighted by molar-refractivity contribution is 6.00. The van der Waals surface area contributed by atoms with Crippen molar-refractivity contribution in [3.8, 4) is 0 Å². The summed E-state index contributed by atoms with van der Waals surface area (Å²) in [6.45, 7) is 10.8. The van der Waals surface area contributed by atoms with Gasteiger partial charge in [-0.05, 0) is 153 Å². The van der Waals surface area contributed by atoms with E-state index in [1.54, 1.807) is 0 Å². The number of likely N-dealkylation sites (N-methyl/N-ethyl adjacent to an activating group) is 1. The van der Waals surface area contributed by atoms with Crippen molar-refractivity contribution in [2.75, 3.05) is 66.0 Å². The van der Waals surface area contributed by atoms with Gasteiger partial charge >= 0.3 is 0 Å². The molecule has 0 spiro atoms. The molecule has 10 heteroatoms. The number of hydrogen-bond acceptors (Lipinski definition) is 8. The number of nitrogens with zero attached hydrogens (tertiary/aromatic N) is 4. The molecule has 2 N–H and O–H groups in total. The van der Waals surface area contributed by atoms with Crippen molar-refractivity contribution >= 4 is 24.5 Å². The summed E-state index contributed by atoms with van der Waals surface area (Å²) in [5.74, 6) is 0.634. The van der Waals surface area contributed by atoms with E-state index in [0.717, 1.165) is 69.7 Å². The Hall–Kier alpha value is -2.66. The number of piperidine rings is 4. The van der Waals surface area contributed by atoms with Crippen LogP contribution < -0.4 is 10.6 Å². The lowest BCUT2D eigenvalue weighted by Crippen LogP contribution is -2.51. The van der Waals surface area contributed by atoms with Crippen LogP contribution in [-0.4, -0.2) is 122 Å². The summed E-state index contributed by atoms with van der Waals surface area (Å²) in [5, 5.41) is 5.34. The summed E-state index contributed by atoms with van der Waals surface area (Å²) >= 11 is 0. The summed E-state index contributed by atoms with van der Waals surface area (Å²) in [4.78, 5) is 56.8. The number of aldehydes is 1. The average Bonchev–Trinajstić information content (AvgIpc) is 3.11. The van der Waals surface area contributed by atoms with E-state index in [0.29, 0.717) is 36.8 Å². The Balaban J connectivity index is 1.04. The molecule has 10 nitrogen and oxygen atoms in total. The van der Waals surface area contributed by atoms with Crippen molar-refractivity contribution < 1.29 is 19.2 Å². The van der Waals surface area contributed by atoms with Crippen LogP contribution in [0.2, 0.25) is 0 Å². The first-order valence-corrected chi connectivity index (χ1v) is 18.9. The number of benzene rings is 1. The van der Waals surface area contributed by atoms with Crippen LogP contribution >= 0.6 is 0 Å². The largest absolute Gasteiger partial charge is 0.359 e. The van der Waals surface area contributed by atoms with Crippen LogP contribution in [0.1, 0.15) is 111 Å². The zero-order valence-electron chi connectivity index (χ0n) is 29.4. The van der Waals surface area contributed by atoms with Crippen molar-refractivity contribution in [3.63, 3.8) is 0 Å². The highest BCUT2D eigenvalue weighted by Gasteiger charge is 2.31. The minimum atomic E-state index is -0.364. The minimum absolute atomic E-state index is 0.216. The lowest BCUT2D eigenvalue weighted by atomic mass is 9.87. The van der Waals surface area contributed by atoms with Crippen LogP contribution in [0.25, 0.3) is 0 Å². The second kappa shape index (κ2) is 18.9. The first kappa shape index (κ1) is 36.6. The third kappa shape index (κ3) is 10.7. The highest BCUT2D eigenvalue weighted by atomic mass is 16.2. The molecule has 266 valence electrons. The minimum Gasteiger partial charge on any atom is -0.359 e. The Kier molecular flexibility index (Phi) is 14.4. The first-order chi connectivity index (χ1) is 23.4. The monoisotopic (exact) mass is 664 g/mol. The van der Waals surface area contributed by atoms with Gasteiger partial charge in [0.2, 0.25) is 18.2 Å². The lowest BCUT2D eigenvalue weighted by Gasteiger charge is -2.40. The molecule has 0 saturated carbocycles. The Morgan fingerprint density at radius 1 is 0.896 bits per heavy atom. The van der Waals surface area contributed by atoms with Crippen LogP contribution in [0.5, 0.6) is 0 Å². The molecule has 4 aliphatic rings. The maximum Gasteiger partial charge on any atom is 0.243 e. The van der Waals surface area contributed by atoms with Crippen LogP contribution in [0.15, 0.2) is 18.2 Å². The lowest BCUT2D eigenvalue weighted by molar-refractivity contribution is -0.137. The standard InChI is InChI=1S/C38H60N6O4/c1-41(36-9-10-37(47)40-38(36)48)27-34-26-32(7-8-33(34)28-45)31-13-22-42(23-14-31)18-5-6-30(11-17-39-29-46)12-21-43-24-15-35(16-25-43)44-19-3-2-4-20-44/h7-8,26,28-31,35-36H,2-6,9-25,27H2,1H3,(H,39,46)(H,40,47,48). The Bertz CT molecular complexity index is 1190. The van der Waals surface area contributed by atoms with Crippen molar-refractivity contribution in [2.45, 2.75) is 108 Å². The van der Waals surface area contributed by atoms with E-state index < -0.39 is 0 Å². The third-order valence-electron chi connectivity index (χ3n) is 11.7. The molecule has 0 aromatic heterocycles. The summed E-state index contributed by atoms with van der Waals surface area (Å²) < 4.78 is 0. The molecule has 2 unspecified atom stereocenters. The van der Waals surface area contributed by atoms with Gasteiger partial charge in [0.1, 0.15) is 6.29 Å². The molecule has 4 aliphatic heterocycles. The van der Waals surface area contributed by atoms with E-state index in [-0.39, 0.29) is 17.9 Å². The number of hydrogen-bond donors (Lipinski definition) is 2. The molecule has 5 rings (SSSR count). The quantitative estimate of drug-likeness (QED) is 0.147. The predicted octanol–water partition coefficient (Wildman–Crippen LogP) is 3.79. The van der Waals surface area contributed by atoms with Gasteiger partial charge in [-0.3, -0.25) is 29.4 Å². The maximum atomic E-state index is 12.4. The molecule has 0 bridgehead atoms. The van der Waals surface area contributed by atoms with Gasteiger partial charge in [0, 0.05) is 31.1 Å². The average molecular weight is 665 g/mol. The molecule has 1 aromatic carbocycles. The van der Waals surface area contributed by atoms with Gasteiger partial charge in [-0.25, -0.2) is 0 Å². The van der Waals surface area contributed by atoms with Gasteiger partial charge in [-0.2, -0.15) is 0 Å². The van der Waals surface area contributed by atoms with Crippen LogP contribution in [0, 0.1) is 5.92 Å². The molecule has 3 amide bonds. The van der Waals surface area contributed by atoms with Crippen molar-refractivity contribution in [3.05, 3.63) is 34.9 Å². The van der Waals surface area contributed by atoms with Gasteiger partial charge < -0.3 is 20.0 Å². The fraction of sp³-hybridized carbons (Fsp3) is 0.737. The van der Waals surface area contributed by atoms with Crippen molar-refractivity contribution in [2.24, 2.45) is 5.92 Å². The number of carbonyl (C=O) groups is 4. The maximum absolute atomic E-state index is 12.4. The first-order valence-electron chi connectivity index (χ1n) is 18.9. The zero-order chi connectivity index (χ0) is 33.7. The zero-order valence-corrected chi connectivity index (χ0v) is 29.4. The molecular weight excluding hydrogens is 604 g/mol. The smallest absolute Gasteiger partial charge is 0.243 e. The molecule has 4 fully saturated rings. The Morgan fingerprint density at radius 3 is 2.33 bits per heavy atom.